The lowest BCUT2D eigenvalue weighted by molar-refractivity contribution is -0.118. The molecule has 0 bridgehead atoms. The number of aryl methyl sites for hydroxylation is 1. The van der Waals surface area contributed by atoms with Gasteiger partial charge in [-0.25, -0.2) is 14.8 Å². The van der Waals surface area contributed by atoms with Gasteiger partial charge in [0.1, 0.15) is 12.1 Å². The van der Waals surface area contributed by atoms with Gasteiger partial charge in [-0.1, -0.05) is 48.5 Å². The molecule has 4 aromatic rings. The van der Waals surface area contributed by atoms with Crippen LogP contribution in [0.2, 0.25) is 0 Å². The summed E-state index contributed by atoms with van der Waals surface area (Å²) in [6.45, 7) is -0.0877. The number of rotatable bonds is 4. The highest BCUT2D eigenvalue weighted by Crippen LogP contribution is 2.18. The van der Waals surface area contributed by atoms with Crippen molar-refractivity contribution in [2.75, 3.05) is 11.9 Å². The van der Waals surface area contributed by atoms with E-state index in [1.165, 1.54) is 14.0 Å². The maximum absolute atomic E-state index is 12.7. The van der Waals surface area contributed by atoms with E-state index in [0.29, 0.717) is 17.0 Å². The summed E-state index contributed by atoms with van der Waals surface area (Å²) in [5.41, 5.74) is 2.35. The first-order chi connectivity index (χ1) is 13.6. The summed E-state index contributed by atoms with van der Waals surface area (Å²) in [6.07, 6.45) is 1.60. The van der Waals surface area contributed by atoms with E-state index < -0.39 is 0 Å². The SMILES string of the molecule is CN(C(=O)Cn1c(=O)n(C)c2nc(-c3ccccc3)ncc21)c1ccccc1. The van der Waals surface area contributed by atoms with Gasteiger partial charge in [0, 0.05) is 25.3 Å². The van der Waals surface area contributed by atoms with Crippen LogP contribution in [-0.2, 0) is 18.4 Å². The lowest BCUT2D eigenvalue weighted by Crippen LogP contribution is -2.34. The molecule has 0 fully saturated rings. The van der Waals surface area contributed by atoms with Crippen molar-refractivity contribution in [3.8, 4) is 11.4 Å². The predicted octanol–water partition coefficient (Wildman–Crippen LogP) is 2.46. The number of likely N-dealkylation sites (N-methyl/N-ethyl adjacent to an activating group) is 1. The molecule has 4 rings (SSSR count). The van der Waals surface area contributed by atoms with E-state index in [2.05, 4.69) is 9.97 Å². The minimum absolute atomic E-state index is 0.0877. The van der Waals surface area contributed by atoms with Gasteiger partial charge < -0.3 is 4.90 Å². The molecule has 0 unspecified atom stereocenters. The standard InChI is InChI=1S/C21H19N5O2/c1-24(16-11-7-4-8-12-16)18(27)14-26-17-13-22-19(15-9-5-3-6-10-15)23-20(17)25(2)21(26)28/h3-13H,14H2,1-2H3. The molecule has 0 spiro atoms. The van der Waals surface area contributed by atoms with Gasteiger partial charge in [0.2, 0.25) is 5.91 Å². The van der Waals surface area contributed by atoms with Crippen LogP contribution in [0.1, 0.15) is 0 Å². The number of aromatic nitrogens is 4. The molecule has 28 heavy (non-hydrogen) atoms. The van der Waals surface area contributed by atoms with Gasteiger partial charge in [0.15, 0.2) is 11.5 Å². The van der Waals surface area contributed by atoms with E-state index in [9.17, 15) is 9.59 Å². The van der Waals surface area contributed by atoms with Gasteiger partial charge in [-0.3, -0.25) is 13.9 Å². The molecule has 0 aliphatic rings. The van der Waals surface area contributed by atoms with Crippen LogP contribution in [0.5, 0.6) is 0 Å². The molecule has 2 aromatic heterocycles. The lowest BCUT2D eigenvalue weighted by Gasteiger charge is -2.17. The minimum Gasteiger partial charge on any atom is -0.314 e. The quantitative estimate of drug-likeness (QED) is 0.551. The van der Waals surface area contributed by atoms with E-state index >= 15 is 0 Å². The van der Waals surface area contributed by atoms with Crippen LogP contribution < -0.4 is 10.6 Å². The summed E-state index contributed by atoms with van der Waals surface area (Å²) in [5.74, 6) is 0.335. The van der Waals surface area contributed by atoms with Crippen LogP contribution >= 0.6 is 0 Å². The van der Waals surface area contributed by atoms with Crippen molar-refractivity contribution in [1.29, 1.82) is 0 Å². The van der Waals surface area contributed by atoms with Crippen LogP contribution in [0.4, 0.5) is 5.69 Å². The molecule has 0 aliphatic carbocycles. The summed E-state index contributed by atoms with van der Waals surface area (Å²) in [7, 11) is 3.34. The molecule has 0 aliphatic heterocycles. The maximum Gasteiger partial charge on any atom is 0.330 e. The number of benzene rings is 2. The number of para-hydroxylation sites is 1. The summed E-state index contributed by atoms with van der Waals surface area (Å²) < 4.78 is 2.85. The highest BCUT2D eigenvalue weighted by Gasteiger charge is 2.18. The summed E-state index contributed by atoms with van der Waals surface area (Å²) in [6, 6.07) is 18.9. The van der Waals surface area contributed by atoms with Crippen molar-refractivity contribution in [3.63, 3.8) is 0 Å². The fourth-order valence-corrected chi connectivity index (χ4v) is 3.09. The van der Waals surface area contributed by atoms with E-state index in [1.54, 1.807) is 20.3 Å². The average molecular weight is 373 g/mol. The number of hydrogen-bond acceptors (Lipinski definition) is 4. The van der Waals surface area contributed by atoms with Crippen molar-refractivity contribution >= 4 is 22.8 Å². The van der Waals surface area contributed by atoms with Crippen molar-refractivity contribution in [2.45, 2.75) is 6.54 Å². The van der Waals surface area contributed by atoms with Gasteiger partial charge in [-0.15, -0.1) is 0 Å². The Balaban J connectivity index is 1.71. The summed E-state index contributed by atoms with van der Waals surface area (Å²) in [4.78, 5) is 35.9. The Kier molecular flexibility index (Phi) is 4.49. The number of amides is 1. The maximum atomic E-state index is 12.7. The third kappa shape index (κ3) is 3.07. The minimum atomic E-state index is -0.302. The molecule has 0 N–H and O–H groups in total. The number of hydrogen-bond donors (Lipinski definition) is 0. The van der Waals surface area contributed by atoms with Crippen LogP contribution in [-0.4, -0.2) is 32.1 Å². The molecule has 140 valence electrons. The molecule has 2 heterocycles. The van der Waals surface area contributed by atoms with E-state index in [4.69, 9.17) is 0 Å². The first-order valence-corrected chi connectivity index (χ1v) is 8.85. The third-order valence-corrected chi connectivity index (χ3v) is 4.72. The number of nitrogens with zero attached hydrogens (tertiary/aromatic N) is 5. The molecule has 7 nitrogen and oxygen atoms in total. The Bertz CT molecular complexity index is 1200. The zero-order chi connectivity index (χ0) is 19.7. The van der Waals surface area contributed by atoms with E-state index in [-0.39, 0.29) is 18.1 Å². The molecule has 0 radical (unpaired) electrons. The number of fused-ring (bicyclic) bond motifs is 1. The number of carbonyl (C=O) groups is 1. The van der Waals surface area contributed by atoms with Crippen LogP contribution in [0.25, 0.3) is 22.6 Å². The van der Waals surface area contributed by atoms with Crippen molar-refractivity contribution in [1.82, 2.24) is 19.1 Å². The number of carbonyl (C=O) groups excluding carboxylic acids is 1. The topological polar surface area (TPSA) is 73.0 Å². The van der Waals surface area contributed by atoms with E-state index in [0.717, 1.165) is 11.3 Å². The van der Waals surface area contributed by atoms with Crippen molar-refractivity contribution < 1.29 is 4.79 Å². The first kappa shape index (κ1) is 17.7. The van der Waals surface area contributed by atoms with Gasteiger partial charge in [-0.05, 0) is 12.1 Å². The van der Waals surface area contributed by atoms with Crippen LogP contribution in [0, 0.1) is 0 Å². The fourth-order valence-electron chi connectivity index (χ4n) is 3.09. The third-order valence-electron chi connectivity index (χ3n) is 4.72. The number of anilines is 1. The van der Waals surface area contributed by atoms with Crippen LogP contribution in [0.15, 0.2) is 71.7 Å². The Morgan fingerprint density at radius 1 is 1.04 bits per heavy atom. The van der Waals surface area contributed by atoms with Crippen molar-refractivity contribution in [2.24, 2.45) is 7.05 Å². The monoisotopic (exact) mass is 373 g/mol. The molecule has 0 saturated heterocycles. The summed E-state index contributed by atoms with van der Waals surface area (Å²) in [5, 5.41) is 0. The second kappa shape index (κ2) is 7.11. The van der Waals surface area contributed by atoms with E-state index in [1.807, 2.05) is 60.7 Å². The molecule has 0 saturated carbocycles. The molecule has 7 heteroatoms. The highest BCUT2D eigenvalue weighted by molar-refractivity contribution is 5.93. The smallest absolute Gasteiger partial charge is 0.314 e. The Morgan fingerprint density at radius 2 is 1.68 bits per heavy atom. The lowest BCUT2D eigenvalue weighted by atomic mass is 10.2. The zero-order valence-corrected chi connectivity index (χ0v) is 15.6. The van der Waals surface area contributed by atoms with Crippen molar-refractivity contribution in [3.05, 3.63) is 77.3 Å². The highest BCUT2D eigenvalue weighted by atomic mass is 16.2. The number of imidazole rings is 1. The Hall–Kier alpha value is -3.74. The van der Waals surface area contributed by atoms with Gasteiger partial charge in [0.25, 0.3) is 0 Å². The largest absolute Gasteiger partial charge is 0.330 e. The zero-order valence-electron chi connectivity index (χ0n) is 15.6. The van der Waals surface area contributed by atoms with Crippen LogP contribution in [0.3, 0.4) is 0 Å². The fraction of sp³-hybridized carbons (Fsp3) is 0.143. The first-order valence-electron chi connectivity index (χ1n) is 8.85. The van der Waals surface area contributed by atoms with Gasteiger partial charge >= 0.3 is 5.69 Å². The molecule has 0 atom stereocenters. The molecular formula is C21H19N5O2. The predicted molar refractivity (Wildman–Crippen MR) is 108 cm³/mol. The van der Waals surface area contributed by atoms with Gasteiger partial charge in [0.05, 0.1) is 6.20 Å². The molecular weight excluding hydrogens is 354 g/mol. The normalized spacial score (nSPS) is 10.9. The molecule has 1 amide bonds. The summed E-state index contributed by atoms with van der Waals surface area (Å²) >= 11 is 0. The Labute approximate surface area is 161 Å². The second-order valence-corrected chi connectivity index (χ2v) is 6.48. The average Bonchev–Trinajstić information content (AvgIpc) is 2.98. The second-order valence-electron chi connectivity index (χ2n) is 6.48. The molecule has 2 aromatic carbocycles. The van der Waals surface area contributed by atoms with Gasteiger partial charge in [-0.2, -0.15) is 0 Å². The Morgan fingerprint density at radius 3 is 2.36 bits per heavy atom.